The van der Waals surface area contributed by atoms with Crippen LogP contribution >= 0.6 is 11.3 Å². The summed E-state index contributed by atoms with van der Waals surface area (Å²) in [5, 5.41) is 7.15. The number of piperidine rings is 1. The summed E-state index contributed by atoms with van der Waals surface area (Å²) in [6, 6.07) is 2.11. The molecule has 0 radical (unpaired) electrons. The van der Waals surface area contributed by atoms with Crippen molar-refractivity contribution < 1.29 is 8.42 Å². The normalized spacial score (nSPS) is 21.1. The number of thiophene rings is 1. The highest BCUT2D eigenvalue weighted by atomic mass is 32.2. The Kier molecular flexibility index (Phi) is 5.98. The molecule has 1 aliphatic heterocycles. The molecule has 1 unspecified atom stereocenters. The quantitative estimate of drug-likeness (QED) is 0.794. The molecule has 7 heteroatoms. The van der Waals surface area contributed by atoms with Crippen LogP contribution in [0.3, 0.4) is 0 Å². The number of hydrogen-bond acceptors (Lipinski definition) is 4. The molecule has 5 nitrogen and oxygen atoms in total. The molecule has 114 valence electrons. The zero-order valence-corrected chi connectivity index (χ0v) is 13.5. The molecule has 0 aliphatic carbocycles. The summed E-state index contributed by atoms with van der Waals surface area (Å²) in [5.41, 5.74) is 1.18. The first kappa shape index (κ1) is 15.9. The van der Waals surface area contributed by atoms with Crippen molar-refractivity contribution >= 4 is 21.5 Å². The summed E-state index contributed by atoms with van der Waals surface area (Å²) in [6.45, 7) is 1.80. The minimum absolute atomic E-state index is 0.0763. The second-order valence-corrected chi connectivity index (χ2v) is 7.59. The molecule has 1 aromatic rings. The maximum Gasteiger partial charge on any atom is 0.279 e. The molecule has 1 saturated heterocycles. The Balaban J connectivity index is 1.90. The molecule has 20 heavy (non-hydrogen) atoms. The van der Waals surface area contributed by atoms with Crippen LogP contribution in [0.25, 0.3) is 0 Å². The lowest BCUT2D eigenvalue weighted by atomic mass is 10.1. The summed E-state index contributed by atoms with van der Waals surface area (Å²) < 4.78 is 29.1. The minimum Gasteiger partial charge on any atom is -0.318 e. The molecule has 1 atom stereocenters. The SMILES string of the molecule is CNCC1CCCCN1S(=O)(=O)NCCc1ccsc1. The molecule has 1 aromatic heterocycles. The molecular weight excluding hydrogens is 294 g/mol. The van der Waals surface area contributed by atoms with Gasteiger partial charge in [0.05, 0.1) is 0 Å². The Morgan fingerprint density at radius 2 is 2.30 bits per heavy atom. The van der Waals surface area contributed by atoms with Crippen LogP contribution in [0.5, 0.6) is 0 Å². The van der Waals surface area contributed by atoms with E-state index in [-0.39, 0.29) is 6.04 Å². The fourth-order valence-electron chi connectivity index (χ4n) is 2.57. The van der Waals surface area contributed by atoms with Crippen LogP contribution in [0.15, 0.2) is 16.8 Å². The topological polar surface area (TPSA) is 61.4 Å². The molecular formula is C13H23N3O2S2. The Labute approximate surface area is 125 Å². The predicted molar refractivity (Wildman–Crippen MR) is 83.2 cm³/mol. The van der Waals surface area contributed by atoms with Gasteiger partial charge in [-0.2, -0.15) is 24.1 Å². The maximum atomic E-state index is 12.4. The van der Waals surface area contributed by atoms with Gasteiger partial charge in [-0.15, -0.1) is 0 Å². The van der Waals surface area contributed by atoms with Crippen LogP contribution in [-0.4, -0.2) is 45.4 Å². The molecule has 2 heterocycles. The van der Waals surface area contributed by atoms with Gasteiger partial charge in [0.25, 0.3) is 10.2 Å². The number of rotatable bonds is 7. The van der Waals surface area contributed by atoms with Gasteiger partial charge >= 0.3 is 0 Å². The molecule has 0 aromatic carbocycles. The Morgan fingerprint density at radius 3 is 3.00 bits per heavy atom. The van der Waals surface area contributed by atoms with Gasteiger partial charge < -0.3 is 5.32 Å². The van der Waals surface area contributed by atoms with Crippen molar-refractivity contribution in [2.75, 3.05) is 26.7 Å². The highest BCUT2D eigenvalue weighted by Gasteiger charge is 2.31. The van der Waals surface area contributed by atoms with Gasteiger partial charge in [-0.05, 0) is 48.7 Å². The lowest BCUT2D eigenvalue weighted by molar-refractivity contribution is 0.246. The van der Waals surface area contributed by atoms with Crippen LogP contribution in [0.2, 0.25) is 0 Å². The molecule has 0 amide bonds. The van der Waals surface area contributed by atoms with Crippen molar-refractivity contribution in [1.29, 1.82) is 0 Å². The summed E-state index contributed by atoms with van der Waals surface area (Å²) in [7, 11) is -1.50. The molecule has 2 N–H and O–H groups in total. The first-order chi connectivity index (χ1) is 9.63. The van der Waals surface area contributed by atoms with Crippen molar-refractivity contribution in [2.24, 2.45) is 0 Å². The van der Waals surface area contributed by atoms with E-state index in [0.29, 0.717) is 19.6 Å². The van der Waals surface area contributed by atoms with Gasteiger partial charge in [0, 0.05) is 25.7 Å². The highest BCUT2D eigenvalue weighted by Crippen LogP contribution is 2.19. The predicted octanol–water partition coefficient (Wildman–Crippen LogP) is 1.20. The fourth-order valence-corrected chi connectivity index (χ4v) is 4.74. The smallest absolute Gasteiger partial charge is 0.279 e. The number of nitrogens with zero attached hydrogens (tertiary/aromatic N) is 1. The molecule has 0 saturated carbocycles. The Bertz CT molecular complexity index is 486. The summed E-state index contributed by atoms with van der Waals surface area (Å²) in [4.78, 5) is 0. The third kappa shape index (κ3) is 4.26. The highest BCUT2D eigenvalue weighted by molar-refractivity contribution is 7.87. The third-order valence-corrected chi connectivity index (χ3v) is 6.00. The lowest BCUT2D eigenvalue weighted by Crippen LogP contribution is -2.52. The van der Waals surface area contributed by atoms with Gasteiger partial charge in [-0.1, -0.05) is 6.42 Å². The Hall–Kier alpha value is -0.470. The number of likely N-dealkylation sites (N-methyl/N-ethyl adjacent to an activating group) is 1. The molecule has 2 rings (SSSR count). The van der Waals surface area contributed by atoms with E-state index in [0.717, 1.165) is 25.7 Å². The van der Waals surface area contributed by atoms with Crippen molar-refractivity contribution in [3.05, 3.63) is 22.4 Å². The van der Waals surface area contributed by atoms with E-state index in [4.69, 9.17) is 0 Å². The molecule has 1 fully saturated rings. The zero-order valence-electron chi connectivity index (χ0n) is 11.8. The summed E-state index contributed by atoms with van der Waals surface area (Å²) in [5.74, 6) is 0. The van der Waals surface area contributed by atoms with Crippen LogP contribution in [0.1, 0.15) is 24.8 Å². The lowest BCUT2D eigenvalue weighted by Gasteiger charge is -2.34. The second-order valence-electron chi connectivity index (χ2n) is 5.10. The van der Waals surface area contributed by atoms with E-state index < -0.39 is 10.2 Å². The van der Waals surface area contributed by atoms with E-state index in [9.17, 15) is 8.42 Å². The zero-order chi connectivity index (χ0) is 14.4. The molecule has 0 bridgehead atoms. The van der Waals surface area contributed by atoms with Gasteiger partial charge in [0.15, 0.2) is 0 Å². The standard InChI is InChI=1S/C13H23N3O2S2/c1-14-10-13-4-2-3-8-16(13)20(17,18)15-7-5-12-6-9-19-11-12/h6,9,11,13-15H,2-5,7-8,10H2,1H3. The van der Waals surface area contributed by atoms with E-state index in [1.54, 1.807) is 15.6 Å². The van der Waals surface area contributed by atoms with Crippen molar-refractivity contribution in [3.63, 3.8) is 0 Å². The second kappa shape index (κ2) is 7.51. The first-order valence-corrected chi connectivity index (χ1v) is 9.44. The maximum absolute atomic E-state index is 12.4. The van der Waals surface area contributed by atoms with E-state index in [1.807, 2.05) is 18.5 Å². The fraction of sp³-hybridized carbons (Fsp3) is 0.692. The summed E-state index contributed by atoms with van der Waals surface area (Å²) in [6.07, 6.45) is 3.73. The van der Waals surface area contributed by atoms with Gasteiger partial charge in [-0.3, -0.25) is 0 Å². The number of hydrogen-bond donors (Lipinski definition) is 2. The third-order valence-electron chi connectivity index (χ3n) is 3.60. The average molecular weight is 317 g/mol. The van der Waals surface area contributed by atoms with E-state index >= 15 is 0 Å². The van der Waals surface area contributed by atoms with E-state index in [1.165, 1.54) is 5.56 Å². The van der Waals surface area contributed by atoms with Crippen molar-refractivity contribution in [1.82, 2.24) is 14.3 Å². The largest absolute Gasteiger partial charge is 0.318 e. The van der Waals surface area contributed by atoms with Crippen LogP contribution in [0, 0.1) is 0 Å². The van der Waals surface area contributed by atoms with Crippen molar-refractivity contribution in [3.8, 4) is 0 Å². The van der Waals surface area contributed by atoms with E-state index in [2.05, 4.69) is 15.4 Å². The molecule has 1 aliphatic rings. The average Bonchev–Trinajstić information content (AvgIpc) is 2.92. The number of nitrogens with one attached hydrogen (secondary N) is 2. The van der Waals surface area contributed by atoms with Gasteiger partial charge in [0.1, 0.15) is 0 Å². The van der Waals surface area contributed by atoms with Gasteiger partial charge in [0.2, 0.25) is 0 Å². The molecule has 0 spiro atoms. The van der Waals surface area contributed by atoms with Crippen LogP contribution < -0.4 is 10.0 Å². The van der Waals surface area contributed by atoms with Crippen LogP contribution in [-0.2, 0) is 16.6 Å². The van der Waals surface area contributed by atoms with Crippen molar-refractivity contribution in [2.45, 2.75) is 31.7 Å². The first-order valence-electron chi connectivity index (χ1n) is 7.05. The Morgan fingerprint density at radius 1 is 1.45 bits per heavy atom. The monoisotopic (exact) mass is 317 g/mol. The van der Waals surface area contributed by atoms with Crippen LogP contribution in [0.4, 0.5) is 0 Å². The summed E-state index contributed by atoms with van der Waals surface area (Å²) >= 11 is 1.64. The van der Waals surface area contributed by atoms with Gasteiger partial charge in [-0.25, -0.2) is 4.72 Å². The minimum atomic E-state index is -3.36.